The summed E-state index contributed by atoms with van der Waals surface area (Å²) in [4.78, 5) is 18.5. The molecule has 0 spiro atoms. The number of benzene rings is 1. The van der Waals surface area contributed by atoms with Gasteiger partial charge >= 0.3 is 11.8 Å². The highest BCUT2D eigenvalue weighted by atomic mass is 35.5. The zero-order chi connectivity index (χ0) is 20.9. The van der Waals surface area contributed by atoms with Gasteiger partial charge in [0.05, 0.1) is 4.90 Å². The molecule has 158 valence electrons. The summed E-state index contributed by atoms with van der Waals surface area (Å²) in [6.07, 6.45) is 6.20. The number of amides is 1. The van der Waals surface area contributed by atoms with Crippen LogP contribution in [0, 0.1) is 0 Å². The second-order valence-electron chi connectivity index (χ2n) is 7.26. The van der Waals surface area contributed by atoms with Crippen molar-refractivity contribution in [2.45, 2.75) is 48.8 Å². The van der Waals surface area contributed by atoms with Crippen molar-refractivity contribution < 1.29 is 17.7 Å². The van der Waals surface area contributed by atoms with Gasteiger partial charge in [0.25, 0.3) is 0 Å². The summed E-state index contributed by atoms with van der Waals surface area (Å²) in [6.45, 7) is 1.18. The topological polar surface area (TPSA) is 105 Å². The van der Waals surface area contributed by atoms with Gasteiger partial charge in [0.1, 0.15) is 5.75 Å². The number of likely N-dealkylation sites (N-methyl/N-ethyl adjacent to an activating group) is 1. The quantitative estimate of drug-likeness (QED) is 0.672. The van der Waals surface area contributed by atoms with E-state index < -0.39 is 21.5 Å². The van der Waals surface area contributed by atoms with Gasteiger partial charge in [-0.25, -0.2) is 8.42 Å². The molecule has 0 aliphatic heterocycles. The van der Waals surface area contributed by atoms with Gasteiger partial charge in [-0.05, 0) is 44.2 Å². The number of carbonyl (C=O) groups excluding carboxylic acids is 1. The van der Waals surface area contributed by atoms with Crippen molar-refractivity contribution >= 4 is 27.3 Å². The van der Waals surface area contributed by atoms with Crippen molar-refractivity contribution in [2.75, 3.05) is 20.1 Å². The maximum absolute atomic E-state index is 12.4. The maximum Gasteiger partial charge on any atom is 0.315 e. The first-order valence-corrected chi connectivity index (χ1v) is 11.7. The number of sulfone groups is 1. The van der Waals surface area contributed by atoms with Crippen LogP contribution in [-0.2, 0) is 15.6 Å². The van der Waals surface area contributed by atoms with E-state index in [-0.39, 0.29) is 16.6 Å². The van der Waals surface area contributed by atoms with Crippen molar-refractivity contribution in [3.8, 4) is 0 Å². The average molecular weight is 441 g/mol. The number of hydrogen-bond donors (Lipinski definition) is 1. The van der Waals surface area contributed by atoms with Gasteiger partial charge in [0.2, 0.25) is 0 Å². The Morgan fingerprint density at radius 2 is 1.93 bits per heavy atom. The molecule has 1 aliphatic rings. The number of nitrogens with one attached hydrogen (secondary N) is 1. The van der Waals surface area contributed by atoms with Crippen molar-refractivity contribution in [3.63, 3.8) is 0 Å². The van der Waals surface area contributed by atoms with E-state index in [1.807, 2.05) is 0 Å². The third kappa shape index (κ3) is 6.01. The zero-order valence-corrected chi connectivity index (χ0v) is 17.9. The number of aromatic nitrogens is 2. The molecule has 0 unspecified atom stereocenters. The first-order valence-electron chi connectivity index (χ1n) is 9.64. The fraction of sp³-hybridized carbons (Fsp3) is 0.526. The molecule has 1 amide bonds. The molecule has 1 saturated carbocycles. The Bertz CT molecular complexity index is 924. The summed E-state index contributed by atoms with van der Waals surface area (Å²) in [5.41, 5.74) is 0. The molecule has 1 N–H and O–H groups in total. The Morgan fingerprint density at radius 3 is 2.62 bits per heavy atom. The zero-order valence-electron chi connectivity index (χ0n) is 16.3. The summed E-state index contributed by atoms with van der Waals surface area (Å²) < 4.78 is 29.8. The second-order valence-corrected chi connectivity index (χ2v) is 9.68. The highest BCUT2D eigenvalue weighted by molar-refractivity contribution is 7.90. The summed E-state index contributed by atoms with van der Waals surface area (Å²) >= 11 is 5.78. The Kier molecular flexibility index (Phi) is 7.26. The van der Waals surface area contributed by atoms with E-state index in [0.29, 0.717) is 17.6 Å². The van der Waals surface area contributed by atoms with E-state index in [4.69, 9.17) is 16.1 Å². The van der Waals surface area contributed by atoms with E-state index in [1.165, 1.54) is 56.4 Å². The Labute approximate surface area is 175 Å². The molecule has 1 fully saturated rings. The molecular weight excluding hydrogens is 416 g/mol. The van der Waals surface area contributed by atoms with E-state index in [2.05, 4.69) is 27.4 Å². The fourth-order valence-electron chi connectivity index (χ4n) is 3.43. The van der Waals surface area contributed by atoms with Gasteiger partial charge in [-0.1, -0.05) is 36.0 Å². The minimum atomic E-state index is -3.67. The van der Waals surface area contributed by atoms with Gasteiger partial charge in [-0.2, -0.15) is 4.98 Å². The fourth-order valence-corrected chi connectivity index (χ4v) is 4.73. The summed E-state index contributed by atoms with van der Waals surface area (Å²) in [7, 11) is -1.60. The van der Waals surface area contributed by atoms with Crippen LogP contribution in [0.3, 0.4) is 0 Å². The van der Waals surface area contributed by atoms with Crippen LogP contribution in [0.1, 0.15) is 48.6 Å². The molecule has 1 aliphatic carbocycles. The van der Waals surface area contributed by atoms with Crippen LogP contribution in [-0.4, -0.2) is 55.5 Å². The van der Waals surface area contributed by atoms with Gasteiger partial charge < -0.3 is 14.7 Å². The van der Waals surface area contributed by atoms with Crippen LogP contribution < -0.4 is 5.32 Å². The average Bonchev–Trinajstić information content (AvgIpc) is 3.16. The number of rotatable bonds is 8. The van der Waals surface area contributed by atoms with Crippen LogP contribution in [0.15, 0.2) is 33.7 Å². The minimum Gasteiger partial charge on any atom is -0.347 e. The smallest absolute Gasteiger partial charge is 0.315 e. The molecule has 0 saturated heterocycles. The Morgan fingerprint density at radius 1 is 1.24 bits per heavy atom. The van der Waals surface area contributed by atoms with Crippen LogP contribution in [0.4, 0.5) is 0 Å². The number of carbonyl (C=O) groups is 1. The van der Waals surface area contributed by atoms with E-state index >= 15 is 0 Å². The minimum absolute atomic E-state index is 0.0653. The molecule has 1 aromatic heterocycles. The van der Waals surface area contributed by atoms with E-state index in [9.17, 15) is 13.2 Å². The van der Waals surface area contributed by atoms with E-state index in [0.717, 1.165) is 6.54 Å². The SMILES string of the molecule is CN(CCNC(=O)c1nc(CS(=O)(=O)c2ccc(Cl)cc2)no1)C1CCCCC1. The third-order valence-electron chi connectivity index (χ3n) is 5.10. The summed E-state index contributed by atoms with van der Waals surface area (Å²) in [5, 5.41) is 6.80. The maximum atomic E-state index is 12.4. The Balaban J connectivity index is 1.51. The highest BCUT2D eigenvalue weighted by Gasteiger charge is 2.22. The molecule has 1 heterocycles. The lowest BCUT2D eigenvalue weighted by Gasteiger charge is -2.31. The molecule has 0 atom stereocenters. The monoisotopic (exact) mass is 440 g/mol. The molecule has 3 rings (SSSR count). The molecule has 10 heteroatoms. The van der Waals surface area contributed by atoms with Gasteiger partial charge in [-0.15, -0.1) is 0 Å². The van der Waals surface area contributed by atoms with Crippen molar-refractivity contribution in [1.82, 2.24) is 20.4 Å². The lowest BCUT2D eigenvalue weighted by Crippen LogP contribution is -2.39. The van der Waals surface area contributed by atoms with Crippen LogP contribution >= 0.6 is 11.6 Å². The van der Waals surface area contributed by atoms with Crippen molar-refractivity contribution in [3.05, 3.63) is 41.0 Å². The standard InChI is InChI=1S/C19H25ClN4O4S/c1-24(15-5-3-2-4-6-15)12-11-21-18(25)19-22-17(23-28-19)13-29(26,27)16-9-7-14(20)8-10-16/h7-10,15H,2-6,11-13H2,1H3,(H,21,25). The van der Waals surface area contributed by atoms with Crippen LogP contribution in [0.2, 0.25) is 5.02 Å². The third-order valence-corrected chi connectivity index (χ3v) is 6.98. The van der Waals surface area contributed by atoms with Gasteiger partial charge in [0.15, 0.2) is 15.7 Å². The Hall–Kier alpha value is -1.97. The summed E-state index contributed by atoms with van der Waals surface area (Å²) in [6, 6.07) is 6.37. The first kappa shape index (κ1) is 21.7. The molecule has 8 nitrogen and oxygen atoms in total. The normalized spacial score (nSPS) is 15.6. The van der Waals surface area contributed by atoms with Crippen molar-refractivity contribution in [2.24, 2.45) is 0 Å². The molecule has 1 aromatic carbocycles. The number of nitrogens with zero attached hydrogens (tertiary/aromatic N) is 3. The largest absolute Gasteiger partial charge is 0.347 e. The second kappa shape index (κ2) is 9.69. The van der Waals surface area contributed by atoms with Crippen LogP contribution in [0.25, 0.3) is 0 Å². The number of halogens is 1. The van der Waals surface area contributed by atoms with Crippen molar-refractivity contribution in [1.29, 1.82) is 0 Å². The lowest BCUT2D eigenvalue weighted by atomic mass is 9.94. The first-order chi connectivity index (χ1) is 13.8. The van der Waals surface area contributed by atoms with Gasteiger partial charge in [0, 0.05) is 24.2 Å². The molecule has 29 heavy (non-hydrogen) atoms. The predicted molar refractivity (Wildman–Crippen MR) is 108 cm³/mol. The molecule has 0 radical (unpaired) electrons. The predicted octanol–water partition coefficient (Wildman–Crippen LogP) is 2.69. The molecule has 0 bridgehead atoms. The highest BCUT2D eigenvalue weighted by Crippen LogP contribution is 2.21. The summed E-state index contributed by atoms with van der Waals surface area (Å²) in [5.74, 6) is -1.28. The van der Waals surface area contributed by atoms with Crippen LogP contribution in [0.5, 0.6) is 0 Å². The number of hydrogen-bond acceptors (Lipinski definition) is 7. The van der Waals surface area contributed by atoms with Gasteiger partial charge in [-0.3, -0.25) is 4.79 Å². The van der Waals surface area contributed by atoms with E-state index in [1.54, 1.807) is 0 Å². The lowest BCUT2D eigenvalue weighted by molar-refractivity contribution is 0.0901. The molecular formula is C19H25ClN4O4S. The molecule has 2 aromatic rings.